The van der Waals surface area contributed by atoms with Crippen molar-refractivity contribution in [1.29, 1.82) is 0 Å². The fourth-order valence-electron chi connectivity index (χ4n) is 1.82. The molecule has 2 heterocycles. The minimum absolute atomic E-state index is 0.0448. The summed E-state index contributed by atoms with van der Waals surface area (Å²) in [4.78, 5) is 26.5. The Kier molecular flexibility index (Phi) is 5.97. The quantitative estimate of drug-likeness (QED) is 0.798. The second-order valence-electron chi connectivity index (χ2n) is 4.56. The highest BCUT2D eigenvalue weighted by Crippen LogP contribution is 2.07. The summed E-state index contributed by atoms with van der Waals surface area (Å²) >= 11 is 1.59. The lowest BCUT2D eigenvalue weighted by Crippen LogP contribution is -2.39. The molecule has 0 aliphatic heterocycles. The van der Waals surface area contributed by atoms with Crippen LogP contribution in [-0.4, -0.2) is 29.8 Å². The smallest absolute Gasteiger partial charge is 0.247 e. The third kappa shape index (κ3) is 4.89. The molecule has 2 aromatic heterocycles. The highest BCUT2D eigenvalue weighted by atomic mass is 32.1. The maximum atomic E-state index is 12.1. The van der Waals surface area contributed by atoms with Crippen molar-refractivity contribution < 1.29 is 14.0 Å². The molecule has 22 heavy (non-hydrogen) atoms. The number of nitrogens with zero attached hydrogens (tertiary/aromatic N) is 1. The molecular formula is C16H18N2O3S. The van der Waals surface area contributed by atoms with Crippen molar-refractivity contribution in [3.8, 4) is 0 Å². The fourth-order valence-corrected chi connectivity index (χ4v) is 2.46. The van der Waals surface area contributed by atoms with E-state index in [1.54, 1.807) is 35.8 Å². The number of likely N-dealkylation sites (N-methyl/N-ethyl adjacent to an activating group) is 1. The molecule has 0 spiro atoms. The first-order valence-electron chi connectivity index (χ1n) is 6.98. The van der Waals surface area contributed by atoms with E-state index in [-0.39, 0.29) is 18.4 Å². The first kappa shape index (κ1) is 16.0. The summed E-state index contributed by atoms with van der Waals surface area (Å²) in [7, 11) is 0. The molecule has 0 bridgehead atoms. The summed E-state index contributed by atoms with van der Waals surface area (Å²) < 4.78 is 5.12. The van der Waals surface area contributed by atoms with E-state index in [2.05, 4.69) is 5.32 Å². The van der Waals surface area contributed by atoms with E-state index in [0.717, 1.165) is 4.88 Å². The van der Waals surface area contributed by atoms with Gasteiger partial charge in [-0.1, -0.05) is 6.07 Å². The highest BCUT2D eigenvalue weighted by Gasteiger charge is 2.13. The van der Waals surface area contributed by atoms with Crippen molar-refractivity contribution in [2.75, 3.05) is 13.1 Å². The number of carbonyl (C=O) groups excluding carboxylic acids is 2. The van der Waals surface area contributed by atoms with E-state index >= 15 is 0 Å². The summed E-state index contributed by atoms with van der Waals surface area (Å²) in [5.41, 5.74) is 0. The van der Waals surface area contributed by atoms with Crippen molar-refractivity contribution in [3.05, 3.63) is 52.6 Å². The van der Waals surface area contributed by atoms with E-state index in [9.17, 15) is 9.59 Å². The zero-order valence-electron chi connectivity index (χ0n) is 12.3. The molecule has 2 aromatic rings. The average Bonchev–Trinajstić information content (AvgIpc) is 3.21. The average molecular weight is 318 g/mol. The van der Waals surface area contributed by atoms with Gasteiger partial charge in [0.05, 0.1) is 19.4 Å². The first-order valence-corrected chi connectivity index (χ1v) is 7.86. The number of furan rings is 1. The van der Waals surface area contributed by atoms with E-state index in [0.29, 0.717) is 18.8 Å². The van der Waals surface area contributed by atoms with Crippen molar-refractivity contribution in [2.24, 2.45) is 0 Å². The summed E-state index contributed by atoms with van der Waals surface area (Å²) in [5, 5.41) is 4.77. The fraction of sp³-hybridized carbons (Fsp3) is 0.250. The maximum absolute atomic E-state index is 12.1. The Morgan fingerprint density at radius 3 is 2.86 bits per heavy atom. The Labute approximate surface area is 133 Å². The topological polar surface area (TPSA) is 62.6 Å². The molecule has 0 atom stereocenters. The number of thiophene rings is 1. The predicted molar refractivity (Wildman–Crippen MR) is 86.2 cm³/mol. The van der Waals surface area contributed by atoms with Gasteiger partial charge in [-0.05, 0) is 36.6 Å². The molecule has 0 saturated heterocycles. The van der Waals surface area contributed by atoms with Crippen LogP contribution in [0.15, 0.2) is 46.4 Å². The van der Waals surface area contributed by atoms with Crippen LogP contribution in [0, 0.1) is 0 Å². The lowest BCUT2D eigenvalue weighted by molar-refractivity contribution is -0.132. The van der Waals surface area contributed by atoms with Crippen LogP contribution in [0.2, 0.25) is 0 Å². The summed E-state index contributed by atoms with van der Waals surface area (Å²) in [6, 6.07) is 7.40. The van der Waals surface area contributed by atoms with Gasteiger partial charge in [0, 0.05) is 17.5 Å². The third-order valence-electron chi connectivity index (χ3n) is 3.00. The van der Waals surface area contributed by atoms with Crippen LogP contribution >= 0.6 is 11.3 Å². The van der Waals surface area contributed by atoms with E-state index in [1.165, 1.54) is 11.0 Å². The number of carbonyl (C=O) groups is 2. The molecule has 0 aromatic carbocycles. The van der Waals surface area contributed by atoms with Gasteiger partial charge in [-0.2, -0.15) is 0 Å². The molecule has 0 saturated carbocycles. The molecule has 0 radical (unpaired) electrons. The lowest BCUT2D eigenvalue weighted by atomic mass is 10.3. The Bertz CT molecular complexity index is 618. The van der Waals surface area contributed by atoms with E-state index < -0.39 is 0 Å². The number of hydrogen-bond donors (Lipinski definition) is 1. The van der Waals surface area contributed by atoms with Gasteiger partial charge in [-0.3, -0.25) is 9.59 Å². The van der Waals surface area contributed by atoms with Gasteiger partial charge >= 0.3 is 0 Å². The minimum atomic E-state index is -0.217. The summed E-state index contributed by atoms with van der Waals surface area (Å²) in [6.07, 6.45) is 4.54. The number of hydrogen-bond acceptors (Lipinski definition) is 4. The van der Waals surface area contributed by atoms with Gasteiger partial charge in [0.15, 0.2) is 0 Å². The van der Waals surface area contributed by atoms with Crippen LogP contribution in [-0.2, 0) is 16.1 Å². The molecule has 0 unspecified atom stereocenters. The van der Waals surface area contributed by atoms with Crippen molar-refractivity contribution in [2.45, 2.75) is 13.5 Å². The highest BCUT2D eigenvalue weighted by molar-refractivity contribution is 7.09. The second kappa shape index (κ2) is 8.19. The molecule has 0 aliphatic carbocycles. The molecule has 2 rings (SSSR count). The zero-order valence-corrected chi connectivity index (χ0v) is 13.1. The molecule has 1 N–H and O–H groups in total. The summed E-state index contributed by atoms with van der Waals surface area (Å²) in [5.74, 6) is 0.215. The van der Waals surface area contributed by atoms with Crippen molar-refractivity contribution in [1.82, 2.24) is 10.2 Å². The van der Waals surface area contributed by atoms with Gasteiger partial charge in [0.2, 0.25) is 11.8 Å². The minimum Gasteiger partial charge on any atom is -0.465 e. The number of nitrogens with one attached hydrogen (secondary N) is 1. The molecule has 0 fully saturated rings. The third-order valence-corrected chi connectivity index (χ3v) is 3.88. The molecule has 116 valence electrons. The lowest BCUT2D eigenvalue weighted by Gasteiger charge is -2.18. The summed E-state index contributed by atoms with van der Waals surface area (Å²) in [6.45, 7) is 2.84. The second-order valence-corrected chi connectivity index (χ2v) is 5.59. The standard InChI is InChI=1S/C16H18N2O3S/c1-2-18(16(20)8-7-13-5-3-9-21-13)12-15(19)17-11-14-6-4-10-22-14/h3-10H,2,11-12H2,1H3,(H,17,19)/b8-7+. The Morgan fingerprint density at radius 1 is 1.36 bits per heavy atom. The van der Waals surface area contributed by atoms with Gasteiger partial charge in [-0.15, -0.1) is 11.3 Å². The predicted octanol–water partition coefficient (Wildman–Crippen LogP) is 2.52. The maximum Gasteiger partial charge on any atom is 0.247 e. The molecule has 5 nitrogen and oxygen atoms in total. The first-order chi connectivity index (χ1) is 10.7. The van der Waals surface area contributed by atoms with Gasteiger partial charge < -0.3 is 14.6 Å². The van der Waals surface area contributed by atoms with Gasteiger partial charge in [0.25, 0.3) is 0 Å². The molecule has 6 heteroatoms. The van der Waals surface area contributed by atoms with E-state index in [4.69, 9.17) is 4.42 Å². The zero-order chi connectivity index (χ0) is 15.8. The van der Waals surface area contributed by atoms with Crippen molar-refractivity contribution >= 4 is 29.2 Å². The molecule has 2 amide bonds. The number of rotatable bonds is 7. The van der Waals surface area contributed by atoms with Gasteiger partial charge in [-0.25, -0.2) is 0 Å². The molecule has 0 aliphatic rings. The van der Waals surface area contributed by atoms with Crippen LogP contribution in [0.5, 0.6) is 0 Å². The van der Waals surface area contributed by atoms with Crippen LogP contribution in [0.1, 0.15) is 17.6 Å². The molecular weight excluding hydrogens is 300 g/mol. The number of amides is 2. The SMILES string of the molecule is CCN(CC(=O)NCc1cccs1)C(=O)/C=C/c1ccco1. The van der Waals surface area contributed by atoms with Crippen LogP contribution < -0.4 is 5.32 Å². The Balaban J connectivity index is 1.82. The van der Waals surface area contributed by atoms with Crippen LogP contribution in [0.25, 0.3) is 6.08 Å². The largest absolute Gasteiger partial charge is 0.465 e. The van der Waals surface area contributed by atoms with Crippen LogP contribution in [0.3, 0.4) is 0 Å². The van der Waals surface area contributed by atoms with Crippen LogP contribution in [0.4, 0.5) is 0 Å². The van der Waals surface area contributed by atoms with E-state index in [1.807, 2.05) is 24.4 Å². The Hall–Kier alpha value is -2.34. The van der Waals surface area contributed by atoms with Gasteiger partial charge in [0.1, 0.15) is 5.76 Å². The normalized spacial score (nSPS) is 10.8. The monoisotopic (exact) mass is 318 g/mol. The Morgan fingerprint density at radius 2 is 2.23 bits per heavy atom. The van der Waals surface area contributed by atoms with Crippen molar-refractivity contribution in [3.63, 3.8) is 0 Å².